The first-order valence-corrected chi connectivity index (χ1v) is 6.26. The smallest absolute Gasteiger partial charge is 0.329 e. The summed E-state index contributed by atoms with van der Waals surface area (Å²) in [6.45, 7) is -0.917. The van der Waals surface area contributed by atoms with Crippen LogP contribution in [0.4, 0.5) is 5.69 Å². The summed E-state index contributed by atoms with van der Waals surface area (Å²) in [4.78, 5) is 38.1. The van der Waals surface area contributed by atoms with Crippen LogP contribution < -0.4 is 11.0 Å². The molecule has 0 bridgehead atoms. The molecule has 0 unspecified atom stereocenters. The number of H-pyrrole nitrogens is 2. The van der Waals surface area contributed by atoms with Gasteiger partial charge in [-0.15, -0.1) is 0 Å². The number of rotatable bonds is 5. The number of imidazole rings is 1. The van der Waals surface area contributed by atoms with Crippen LogP contribution in [0.5, 0.6) is 0 Å². The van der Waals surface area contributed by atoms with E-state index in [1.54, 1.807) is 12.1 Å². The third kappa shape index (κ3) is 3.45. The highest BCUT2D eigenvalue weighted by Crippen LogP contribution is 2.26. The summed E-state index contributed by atoms with van der Waals surface area (Å²) >= 11 is 3.26. The maximum Gasteiger partial charge on any atom is 0.329 e. The maximum absolute atomic E-state index is 11.6. The largest absolute Gasteiger partial charge is 0.480 e. The van der Waals surface area contributed by atoms with Crippen molar-refractivity contribution in [2.75, 3.05) is 18.5 Å². The Morgan fingerprint density at radius 1 is 1.25 bits per heavy atom. The van der Waals surface area contributed by atoms with Crippen molar-refractivity contribution in [2.45, 2.75) is 0 Å². The van der Waals surface area contributed by atoms with E-state index in [2.05, 4.69) is 36.0 Å². The van der Waals surface area contributed by atoms with Gasteiger partial charge < -0.3 is 25.1 Å². The number of aliphatic carboxylic acids is 1. The molecule has 0 aliphatic heterocycles. The van der Waals surface area contributed by atoms with Gasteiger partial charge in [0.25, 0.3) is 0 Å². The molecule has 1 amide bonds. The molecular weight excluding hydrogens is 334 g/mol. The highest BCUT2D eigenvalue weighted by molar-refractivity contribution is 9.10. The van der Waals surface area contributed by atoms with E-state index < -0.39 is 18.5 Å². The van der Waals surface area contributed by atoms with Crippen LogP contribution in [0.2, 0.25) is 0 Å². The highest BCUT2D eigenvalue weighted by atomic mass is 79.9. The van der Waals surface area contributed by atoms with Crippen molar-refractivity contribution < 1.29 is 19.4 Å². The van der Waals surface area contributed by atoms with Crippen LogP contribution in [-0.4, -0.2) is 40.2 Å². The van der Waals surface area contributed by atoms with Gasteiger partial charge in [-0.1, -0.05) is 0 Å². The number of benzene rings is 1. The van der Waals surface area contributed by atoms with Crippen LogP contribution in [0.25, 0.3) is 11.0 Å². The van der Waals surface area contributed by atoms with Crippen LogP contribution in [0, 0.1) is 0 Å². The molecule has 4 N–H and O–H groups in total. The van der Waals surface area contributed by atoms with Crippen molar-refractivity contribution in [3.05, 3.63) is 27.1 Å². The molecule has 0 spiro atoms. The molecule has 1 heterocycles. The molecule has 1 aromatic heterocycles. The molecule has 2 aromatic rings. The first kappa shape index (κ1) is 14.3. The van der Waals surface area contributed by atoms with Gasteiger partial charge in [0.1, 0.15) is 13.2 Å². The monoisotopic (exact) mass is 343 g/mol. The molecule has 0 saturated carbocycles. The number of carboxylic acids is 1. The Bertz CT molecular complexity index is 720. The fraction of sp³-hybridized carbons (Fsp3) is 0.182. The molecule has 0 aliphatic carbocycles. The Balaban J connectivity index is 2.08. The highest BCUT2D eigenvalue weighted by Gasteiger charge is 2.09. The number of aromatic nitrogens is 2. The fourth-order valence-electron chi connectivity index (χ4n) is 1.57. The van der Waals surface area contributed by atoms with Gasteiger partial charge in [0.15, 0.2) is 0 Å². The number of carbonyl (C=O) groups is 2. The van der Waals surface area contributed by atoms with E-state index in [-0.39, 0.29) is 12.3 Å². The third-order valence-electron chi connectivity index (χ3n) is 2.34. The van der Waals surface area contributed by atoms with Crippen molar-refractivity contribution in [2.24, 2.45) is 0 Å². The van der Waals surface area contributed by atoms with E-state index in [4.69, 9.17) is 5.11 Å². The van der Waals surface area contributed by atoms with Crippen molar-refractivity contribution >= 4 is 44.5 Å². The van der Waals surface area contributed by atoms with E-state index >= 15 is 0 Å². The molecule has 0 fully saturated rings. The van der Waals surface area contributed by atoms with E-state index in [0.717, 1.165) is 0 Å². The Morgan fingerprint density at radius 2 is 1.90 bits per heavy atom. The molecule has 0 saturated heterocycles. The summed E-state index contributed by atoms with van der Waals surface area (Å²) in [6, 6.07) is 3.22. The number of hydrogen-bond acceptors (Lipinski definition) is 4. The van der Waals surface area contributed by atoms with E-state index in [9.17, 15) is 14.4 Å². The topological polar surface area (TPSA) is 124 Å². The quantitative estimate of drug-likeness (QED) is 0.634. The first-order valence-electron chi connectivity index (χ1n) is 5.46. The minimum atomic E-state index is -1.15. The van der Waals surface area contributed by atoms with Gasteiger partial charge >= 0.3 is 11.7 Å². The number of halogens is 1. The Hall–Kier alpha value is -2.13. The minimum absolute atomic E-state index is 0.347. The Labute approximate surface area is 120 Å². The molecule has 106 valence electrons. The summed E-state index contributed by atoms with van der Waals surface area (Å²) in [7, 11) is 0. The molecule has 2 rings (SSSR count). The predicted octanol–water partition coefficient (Wildman–Crippen LogP) is 0.658. The average molecular weight is 344 g/mol. The van der Waals surface area contributed by atoms with Gasteiger partial charge in [0.2, 0.25) is 5.91 Å². The molecule has 1 aromatic carbocycles. The van der Waals surface area contributed by atoms with Crippen LogP contribution >= 0.6 is 15.9 Å². The summed E-state index contributed by atoms with van der Waals surface area (Å²) < 4.78 is 5.25. The molecule has 9 heteroatoms. The van der Waals surface area contributed by atoms with E-state index in [0.29, 0.717) is 21.2 Å². The van der Waals surface area contributed by atoms with E-state index in [1.807, 2.05) is 0 Å². The number of aromatic amines is 2. The van der Waals surface area contributed by atoms with Gasteiger partial charge in [-0.25, -0.2) is 9.59 Å². The summed E-state index contributed by atoms with van der Waals surface area (Å²) in [5.74, 6) is -1.64. The number of ether oxygens (including phenoxy) is 1. The zero-order valence-corrected chi connectivity index (χ0v) is 11.6. The minimum Gasteiger partial charge on any atom is -0.480 e. The fourth-order valence-corrected chi connectivity index (χ4v) is 2.01. The lowest BCUT2D eigenvalue weighted by Gasteiger charge is -2.07. The number of carbonyl (C=O) groups excluding carboxylic acids is 1. The van der Waals surface area contributed by atoms with Gasteiger partial charge in [0, 0.05) is 4.47 Å². The van der Waals surface area contributed by atoms with Gasteiger partial charge in [-0.05, 0) is 28.1 Å². The maximum atomic E-state index is 11.6. The van der Waals surface area contributed by atoms with Crippen molar-refractivity contribution in [3.8, 4) is 0 Å². The number of amides is 1. The summed E-state index contributed by atoms with van der Waals surface area (Å²) in [6.07, 6.45) is 0. The van der Waals surface area contributed by atoms with Gasteiger partial charge in [-0.2, -0.15) is 0 Å². The van der Waals surface area contributed by atoms with Gasteiger partial charge in [-0.3, -0.25) is 4.79 Å². The van der Waals surface area contributed by atoms with E-state index in [1.165, 1.54) is 0 Å². The number of anilines is 1. The Morgan fingerprint density at radius 3 is 2.55 bits per heavy atom. The second kappa shape index (κ2) is 5.88. The third-order valence-corrected chi connectivity index (χ3v) is 2.99. The molecular formula is C11H10BrN3O5. The van der Waals surface area contributed by atoms with Crippen LogP contribution in [0.3, 0.4) is 0 Å². The number of nitrogens with one attached hydrogen (secondary N) is 3. The molecule has 0 radical (unpaired) electrons. The van der Waals surface area contributed by atoms with Crippen LogP contribution in [0.1, 0.15) is 0 Å². The van der Waals surface area contributed by atoms with Crippen molar-refractivity contribution in [1.82, 2.24) is 9.97 Å². The number of carboxylic acid groups (broad SMARTS) is 1. The second-order valence-electron chi connectivity index (χ2n) is 3.89. The van der Waals surface area contributed by atoms with Crippen molar-refractivity contribution in [1.29, 1.82) is 0 Å². The van der Waals surface area contributed by atoms with Crippen LogP contribution in [-0.2, 0) is 14.3 Å². The normalized spacial score (nSPS) is 10.7. The lowest BCUT2D eigenvalue weighted by atomic mass is 10.2. The molecule has 8 nitrogen and oxygen atoms in total. The predicted molar refractivity (Wildman–Crippen MR) is 73.7 cm³/mol. The molecule has 0 atom stereocenters. The summed E-state index contributed by atoms with van der Waals surface area (Å²) in [5, 5.41) is 10.9. The second-order valence-corrected chi connectivity index (χ2v) is 4.75. The zero-order valence-electron chi connectivity index (χ0n) is 10.0. The summed E-state index contributed by atoms with van der Waals surface area (Å²) in [5.41, 5.74) is 1.23. The lowest BCUT2D eigenvalue weighted by Crippen LogP contribution is -2.20. The number of fused-ring (bicyclic) bond motifs is 1. The van der Waals surface area contributed by atoms with Crippen molar-refractivity contribution in [3.63, 3.8) is 0 Å². The SMILES string of the molecule is O=C(O)COCC(=O)Nc1cc2[nH]c(=O)[nH]c2cc1Br. The van der Waals surface area contributed by atoms with Gasteiger partial charge in [0.05, 0.1) is 16.7 Å². The standard InChI is InChI=1S/C11H10BrN3O5/c12-5-1-7-8(15-11(19)14-7)2-6(5)13-9(16)3-20-4-10(17)18/h1-2H,3-4H2,(H,13,16)(H,17,18)(H2,14,15,19). The molecule has 20 heavy (non-hydrogen) atoms. The first-order chi connectivity index (χ1) is 9.45. The Kier molecular flexibility index (Phi) is 4.20. The molecule has 0 aliphatic rings. The van der Waals surface area contributed by atoms with Crippen LogP contribution in [0.15, 0.2) is 21.4 Å². The average Bonchev–Trinajstić information content (AvgIpc) is 2.68. The zero-order chi connectivity index (χ0) is 14.7. The number of hydrogen-bond donors (Lipinski definition) is 4. The lowest BCUT2D eigenvalue weighted by molar-refractivity contribution is -0.143.